The van der Waals surface area contributed by atoms with E-state index in [9.17, 15) is 4.79 Å². The molecule has 0 aliphatic carbocycles. The van der Waals surface area contributed by atoms with Gasteiger partial charge in [0.1, 0.15) is 0 Å². The first kappa shape index (κ1) is 13.4. The van der Waals surface area contributed by atoms with Crippen LogP contribution >= 0.6 is 11.6 Å². The molecule has 1 aromatic carbocycles. The zero-order chi connectivity index (χ0) is 13.1. The van der Waals surface area contributed by atoms with Crippen molar-refractivity contribution in [2.75, 3.05) is 13.1 Å². The van der Waals surface area contributed by atoms with E-state index >= 15 is 0 Å². The smallest absolute Gasteiger partial charge is 0.227 e. The highest BCUT2D eigenvalue weighted by Gasteiger charge is 2.26. The molecule has 1 amide bonds. The molecule has 2 unspecified atom stereocenters. The van der Waals surface area contributed by atoms with Gasteiger partial charge in [-0.15, -0.1) is 0 Å². The maximum absolute atomic E-state index is 12.3. The molecule has 0 saturated carbocycles. The van der Waals surface area contributed by atoms with Crippen molar-refractivity contribution in [2.24, 2.45) is 0 Å². The summed E-state index contributed by atoms with van der Waals surface area (Å²) >= 11 is 5.84. The van der Waals surface area contributed by atoms with Gasteiger partial charge >= 0.3 is 0 Å². The minimum absolute atomic E-state index is 0.193. The summed E-state index contributed by atoms with van der Waals surface area (Å²) in [7, 11) is 0. The summed E-state index contributed by atoms with van der Waals surface area (Å²) in [5.41, 5.74) is 1.02. The molecular formula is C14H19ClN2O. The minimum atomic E-state index is 0.193. The van der Waals surface area contributed by atoms with Gasteiger partial charge in [-0.3, -0.25) is 4.79 Å². The number of benzene rings is 1. The second-order valence-corrected chi connectivity index (χ2v) is 5.44. The van der Waals surface area contributed by atoms with Crippen molar-refractivity contribution in [1.29, 1.82) is 0 Å². The molecule has 1 fully saturated rings. The van der Waals surface area contributed by atoms with E-state index in [4.69, 9.17) is 11.6 Å². The van der Waals surface area contributed by atoms with E-state index in [1.807, 2.05) is 29.2 Å². The van der Waals surface area contributed by atoms with Gasteiger partial charge in [-0.25, -0.2) is 0 Å². The molecule has 2 atom stereocenters. The van der Waals surface area contributed by atoms with Gasteiger partial charge in [0, 0.05) is 30.2 Å². The van der Waals surface area contributed by atoms with Crippen molar-refractivity contribution in [3.63, 3.8) is 0 Å². The van der Waals surface area contributed by atoms with Crippen LogP contribution in [-0.4, -0.2) is 36.0 Å². The number of carbonyl (C=O) groups excluding carboxylic acids is 1. The number of hydrogen-bond donors (Lipinski definition) is 1. The van der Waals surface area contributed by atoms with Crippen LogP contribution in [-0.2, 0) is 11.2 Å². The molecule has 3 nitrogen and oxygen atoms in total. The summed E-state index contributed by atoms with van der Waals surface area (Å²) in [4.78, 5) is 14.2. The van der Waals surface area contributed by atoms with Crippen LogP contribution in [0.25, 0.3) is 0 Å². The lowest BCUT2D eigenvalue weighted by Gasteiger charge is -2.37. The first-order chi connectivity index (χ1) is 8.56. The zero-order valence-corrected chi connectivity index (χ0v) is 11.6. The summed E-state index contributed by atoms with van der Waals surface area (Å²) in [5.74, 6) is 0.193. The number of rotatable bonds is 2. The first-order valence-corrected chi connectivity index (χ1v) is 6.71. The maximum atomic E-state index is 12.3. The standard InChI is InChI=1S/C14H19ClN2O/c1-10-9-17(11(2)8-16-10)14(18)7-12-3-5-13(15)6-4-12/h3-6,10-11,16H,7-9H2,1-2H3. The van der Waals surface area contributed by atoms with Crippen molar-refractivity contribution in [3.05, 3.63) is 34.9 Å². The molecule has 1 aliphatic heterocycles. The Kier molecular flexibility index (Phi) is 4.25. The summed E-state index contributed by atoms with van der Waals surface area (Å²) in [6.07, 6.45) is 0.453. The van der Waals surface area contributed by atoms with E-state index < -0.39 is 0 Å². The first-order valence-electron chi connectivity index (χ1n) is 6.33. The topological polar surface area (TPSA) is 32.3 Å². The van der Waals surface area contributed by atoms with Gasteiger partial charge in [-0.05, 0) is 31.5 Å². The average Bonchev–Trinajstić information content (AvgIpc) is 2.35. The number of amides is 1. The van der Waals surface area contributed by atoms with Crippen LogP contribution in [0.1, 0.15) is 19.4 Å². The Balaban J connectivity index is 2.00. The van der Waals surface area contributed by atoms with Crippen molar-refractivity contribution in [3.8, 4) is 0 Å². The van der Waals surface area contributed by atoms with Crippen molar-refractivity contribution >= 4 is 17.5 Å². The molecule has 18 heavy (non-hydrogen) atoms. The Morgan fingerprint density at radius 1 is 1.39 bits per heavy atom. The highest BCUT2D eigenvalue weighted by atomic mass is 35.5. The van der Waals surface area contributed by atoms with Crippen LogP contribution in [0.2, 0.25) is 5.02 Å². The summed E-state index contributed by atoms with van der Waals surface area (Å²) in [6.45, 7) is 5.84. The Morgan fingerprint density at radius 3 is 2.72 bits per heavy atom. The number of nitrogens with one attached hydrogen (secondary N) is 1. The number of hydrogen-bond acceptors (Lipinski definition) is 2. The van der Waals surface area contributed by atoms with E-state index in [1.165, 1.54) is 0 Å². The van der Waals surface area contributed by atoms with Gasteiger partial charge in [0.2, 0.25) is 5.91 Å². The van der Waals surface area contributed by atoms with Crippen LogP contribution in [0.4, 0.5) is 0 Å². The maximum Gasteiger partial charge on any atom is 0.227 e. The zero-order valence-electron chi connectivity index (χ0n) is 10.8. The van der Waals surface area contributed by atoms with Crippen LogP contribution in [0, 0.1) is 0 Å². The predicted molar refractivity (Wildman–Crippen MR) is 73.8 cm³/mol. The SMILES string of the molecule is CC1CN(C(=O)Cc2ccc(Cl)cc2)C(C)CN1. The number of carbonyl (C=O) groups is 1. The summed E-state index contributed by atoms with van der Waals surface area (Å²) in [5, 5.41) is 4.08. The van der Waals surface area contributed by atoms with Gasteiger partial charge < -0.3 is 10.2 Å². The Hall–Kier alpha value is -1.06. The highest BCUT2D eigenvalue weighted by molar-refractivity contribution is 6.30. The van der Waals surface area contributed by atoms with Crippen LogP contribution in [0.15, 0.2) is 24.3 Å². The third-order valence-electron chi connectivity index (χ3n) is 3.35. The lowest BCUT2D eigenvalue weighted by molar-refractivity contribution is -0.133. The minimum Gasteiger partial charge on any atom is -0.337 e. The van der Waals surface area contributed by atoms with E-state index in [0.717, 1.165) is 18.7 Å². The third kappa shape index (κ3) is 3.24. The molecule has 4 heteroatoms. The fraction of sp³-hybridized carbons (Fsp3) is 0.500. The van der Waals surface area contributed by atoms with Crippen molar-refractivity contribution < 1.29 is 4.79 Å². The molecule has 1 aromatic rings. The molecule has 2 rings (SSSR count). The van der Waals surface area contributed by atoms with E-state index in [2.05, 4.69) is 19.2 Å². The fourth-order valence-electron chi connectivity index (χ4n) is 2.25. The molecule has 1 N–H and O–H groups in total. The normalized spacial score (nSPS) is 24.1. The lowest BCUT2D eigenvalue weighted by Crippen LogP contribution is -2.56. The summed E-state index contributed by atoms with van der Waals surface area (Å²) < 4.78 is 0. The number of piperazine rings is 1. The van der Waals surface area contributed by atoms with Gasteiger partial charge in [0.15, 0.2) is 0 Å². The van der Waals surface area contributed by atoms with Gasteiger partial charge in [-0.1, -0.05) is 23.7 Å². The lowest BCUT2D eigenvalue weighted by atomic mass is 10.1. The van der Waals surface area contributed by atoms with E-state index in [0.29, 0.717) is 17.5 Å². The van der Waals surface area contributed by atoms with Crippen LogP contribution < -0.4 is 5.32 Å². The molecule has 0 spiro atoms. The van der Waals surface area contributed by atoms with Crippen LogP contribution in [0.3, 0.4) is 0 Å². The Labute approximate surface area is 113 Å². The second kappa shape index (κ2) is 5.72. The number of halogens is 1. The Morgan fingerprint density at radius 2 is 2.06 bits per heavy atom. The van der Waals surface area contributed by atoms with E-state index in [-0.39, 0.29) is 11.9 Å². The van der Waals surface area contributed by atoms with Crippen molar-refractivity contribution in [1.82, 2.24) is 10.2 Å². The molecule has 1 saturated heterocycles. The molecule has 0 radical (unpaired) electrons. The number of nitrogens with zero attached hydrogens (tertiary/aromatic N) is 1. The highest BCUT2D eigenvalue weighted by Crippen LogP contribution is 2.13. The monoisotopic (exact) mass is 266 g/mol. The average molecular weight is 267 g/mol. The molecule has 98 valence electrons. The van der Waals surface area contributed by atoms with Gasteiger partial charge in [0.05, 0.1) is 6.42 Å². The second-order valence-electron chi connectivity index (χ2n) is 5.01. The van der Waals surface area contributed by atoms with Gasteiger partial charge in [0.25, 0.3) is 0 Å². The molecule has 0 aromatic heterocycles. The van der Waals surface area contributed by atoms with Gasteiger partial charge in [-0.2, -0.15) is 0 Å². The quantitative estimate of drug-likeness (QED) is 0.889. The van der Waals surface area contributed by atoms with Crippen LogP contribution in [0.5, 0.6) is 0 Å². The van der Waals surface area contributed by atoms with Crippen molar-refractivity contribution in [2.45, 2.75) is 32.4 Å². The predicted octanol–water partition coefficient (Wildman–Crippen LogP) is 2.09. The largest absolute Gasteiger partial charge is 0.337 e. The molecular weight excluding hydrogens is 248 g/mol. The Bertz CT molecular complexity index is 418. The van der Waals surface area contributed by atoms with E-state index in [1.54, 1.807) is 0 Å². The third-order valence-corrected chi connectivity index (χ3v) is 3.61. The summed E-state index contributed by atoms with van der Waals surface area (Å²) in [6, 6.07) is 8.12. The fourth-order valence-corrected chi connectivity index (χ4v) is 2.37. The molecule has 0 bridgehead atoms. The molecule has 1 aliphatic rings. The molecule has 1 heterocycles.